The Morgan fingerprint density at radius 1 is 1.00 bits per heavy atom. The summed E-state index contributed by atoms with van der Waals surface area (Å²) in [5, 5.41) is 5.06. The molecule has 22 heavy (non-hydrogen) atoms. The Balaban J connectivity index is 1.97. The summed E-state index contributed by atoms with van der Waals surface area (Å²) >= 11 is 11.7. The molecule has 7 heteroatoms. The molecular formula is C15H11Cl2FN2O2. The summed E-state index contributed by atoms with van der Waals surface area (Å²) in [5.74, 6) is -2.28. The first-order chi connectivity index (χ1) is 10.5. The lowest BCUT2D eigenvalue weighted by atomic mass is 10.2. The Morgan fingerprint density at radius 2 is 1.73 bits per heavy atom. The van der Waals surface area contributed by atoms with Crippen LogP contribution in [0.5, 0.6) is 0 Å². The van der Waals surface area contributed by atoms with Crippen LogP contribution >= 0.6 is 23.2 Å². The first-order valence-electron chi connectivity index (χ1n) is 6.25. The highest BCUT2D eigenvalue weighted by atomic mass is 35.5. The highest BCUT2D eigenvalue weighted by Crippen LogP contribution is 2.29. The second-order valence-corrected chi connectivity index (χ2v) is 5.11. The monoisotopic (exact) mass is 340 g/mol. The summed E-state index contributed by atoms with van der Waals surface area (Å²) in [5.41, 5.74) is 0.504. The lowest BCUT2D eigenvalue weighted by Gasteiger charge is -2.09. The van der Waals surface area contributed by atoms with Gasteiger partial charge in [-0.05, 0) is 18.2 Å². The zero-order chi connectivity index (χ0) is 16.1. The molecule has 0 saturated carbocycles. The minimum Gasteiger partial charge on any atom is -0.344 e. The van der Waals surface area contributed by atoms with Gasteiger partial charge in [-0.15, -0.1) is 0 Å². The van der Waals surface area contributed by atoms with Gasteiger partial charge in [0, 0.05) is 12.1 Å². The largest absolute Gasteiger partial charge is 0.344 e. The SMILES string of the molecule is O=C(NCc1ccccc1F)C(=O)Nc1cccc(Cl)c1Cl. The number of carbonyl (C=O) groups excluding carboxylic acids is 2. The summed E-state index contributed by atoms with van der Waals surface area (Å²) in [6.45, 7) is -0.0950. The van der Waals surface area contributed by atoms with E-state index in [0.29, 0.717) is 0 Å². The van der Waals surface area contributed by atoms with E-state index in [4.69, 9.17) is 23.2 Å². The van der Waals surface area contributed by atoms with E-state index in [2.05, 4.69) is 10.6 Å². The van der Waals surface area contributed by atoms with Crippen molar-refractivity contribution in [2.75, 3.05) is 5.32 Å². The Labute approximate surface area is 136 Å². The summed E-state index contributed by atoms with van der Waals surface area (Å²) in [4.78, 5) is 23.5. The first kappa shape index (κ1) is 16.3. The molecule has 0 heterocycles. The van der Waals surface area contributed by atoms with E-state index >= 15 is 0 Å². The molecule has 2 N–H and O–H groups in total. The van der Waals surface area contributed by atoms with Crippen LogP contribution in [0.3, 0.4) is 0 Å². The molecule has 4 nitrogen and oxygen atoms in total. The molecule has 114 valence electrons. The number of hydrogen-bond acceptors (Lipinski definition) is 2. The molecule has 2 rings (SSSR count). The highest BCUT2D eigenvalue weighted by molar-refractivity contribution is 6.45. The average Bonchev–Trinajstić information content (AvgIpc) is 2.50. The lowest BCUT2D eigenvalue weighted by molar-refractivity contribution is -0.136. The van der Waals surface area contributed by atoms with Crippen LogP contribution < -0.4 is 10.6 Å². The van der Waals surface area contributed by atoms with Gasteiger partial charge >= 0.3 is 11.8 Å². The number of carbonyl (C=O) groups is 2. The molecule has 0 bridgehead atoms. The fraction of sp³-hybridized carbons (Fsp3) is 0.0667. The standard InChI is InChI=1S/C15H11Cl2FN2O2/c16-10-5-3-7-12(13(10)17)20-15(22)14(21)19-8-9-4-1-2-6-11(9)18/h1-7H,8H2,(H,19,21)(H,20,22). The summed E-state index contributed by atoms with van der Waals surface area (Å²) in [6.07, 6.45) is 0. The predicted molar refractivity (Wildman–Crippen MR) is 83.3 cm³/mol. The van der Waals surface area contributed by atoms with Crippen LogP contribution in [0.15, 0.2) is 42.5 Å². The van der Waals surface area contributed by atoms with Crippen molar-refractivity contribution < 1.29 is 14.0 Å². The van der Waals surface area contributed by atoms with Crippen molar-refractivity contribution in [2.24, 2.45) is 0 Å². The molecule has 0 atom stereocenters. The maximum Gasteiger partial charge on any atom is 0.313 e. The molecule has 2 amide bonds. The minimum atomic E-state index is -0.916. The van der Waals surface area contributed by atoms with Gasteiger partial charge < -0.3 is 10.6 Å². The van der Waals surface area contributed by atoms with Crippen LogP contribution in [0.25, 0.3) is 0 Å². The van der Waals surface area contributed by atoms with Crippen LogP contribution in [-0.4, -0.2) is 11.8 Å². The average molecular weight is 341 g/mol. The first-order valence-corrected chi connectivity index (χ1v) is 7.01. The Kier molecular flexibility index (Phi) is 5.35. The van der Waals surface area contributed by atoms with Gasteiger partial charge in [0.25, 0.3) is 0 Å². The second kappa shape index (κ2) is 7.24. The van der Waals surface area contributed by atoms with E-state index in [9.17, 15) is 14.0 Å². The van der Waals surface area contributed by atoms with Crippen molar-refractivity contribution in [1.82, 2.24) is 5.32 Å². The number of hydrogen-bond donors (Lipinski definition) is 2. The van der Waals surface area contributed by atoms with Gasteiger partial charge in [0.05, 0.1) is 15.7 Å². The fourth-order valence-corrected chi connectivity index (χ4v) is 2.02. The Hall–Kier alpha value is -2.11. The fourth-order valence-electron chi connectivity index (χ4n) is 1.68. The molecule has 0 unspecified atom stereocenters. The summed E-state index contributed by atoms with van der Waals surface area (Å²) < 4.78 is 13.4. The molecule has 0 fully saturated rings. The molecule has 2 aromatic rings. The molecule has 0 radical (unpaired) electrons. The number of anilines is 1. The second-order valence-electron chi connectivity index (χ2n) is 4.33. The topological polar surface area (TPSA) is 58.2 Å². The van der Waals surface area contributed by atoms with E-state index < -0.39 is 17.6 Å². The quantitative estimate of drug-likeness (QED) is 0.841. The normalized spacial score (nSPS) is 10.1. The van der Waals surface area contributed by atoms with Gasteiger partial charge in [0.15, 0.2) is 0 Å². The van der Waals surface area contributed by atoms with Crippen molar-refractivity contribution in [3.05, 3.63) is 63.9 Å². The zero-order valence-corrected chi connectivity index (χ0v) is 12.7. The van der Waals surface area contributed by atoms with Crippen molar-refractivity contribution in [1.29, 1.82) is 0 Å². The number of halogens is 3. The lowest BCUT2D eigenvalue weighted by Crippen LogP contribution is -2.35. The van der Waals surface area contributed by atoms with Gasteiger partial charge in [0.2, 0.25) is 0 Å². The van der Waals surface area contributed by atoms with E-state index in [1.54, 1.807) is 18.2 Å². The van der Waals surface area contributed by atoms with E-state index in [-0.39, 0.29) is 27.8 Å². The van der Waals surface area contributed by atoms with Gasteiger partial charge in [-0.2, -0.15) is 0 Å². The van der Waals surface area contributed by atoms with Gasteiger partial charge in [-0.1, -0.05) is 47.5 Å². The van der Waals surface area contributed by atoms with Crippen molar-refractivity contribution in [2.45, 2.75) is 6.54 Å². The smallest absolute Gasteiger partial charge is 0.313 e. The van der Waals surface area contributed by atoms with Crippen molar-refractivity contribution in [3.63, 3.8) is 0 Å². The van der Waals surface area contributed by atoms with E-state index in [1.807, 2.05) is 0 Å². The number of amides is 2. The number of nitrogens with one attached hydrogen (secondary N) is 2. The van der Waals surface area contributed by atoms with Crippen molar-refractivity contribution >= 4 is 40.7 Å². The van der Waals surface area contributed by atoms with Gasteiger partial charge in [-0.25, -0.2) is 4.39 Å². The summed E-state index contributed by atoms with van der Waals surface area (Å²) in [7, 11) is 0. The zero-order valence-electron chi connectivity index (χ0n) is 11.2. The maximum absolute atomic E-state index is 13.4. The van der Waals surface area contributed by atoms with Crippen molar-refractivity contribution in [3.8, 4) is 0 Å². The molecule has 0 saturated heterocycles. The number of benzene rings is 2. The van der Waals surface area contributed by atoms with Crippen LogP contribution in [0.4, 0.5) is 10.1 Å². The Bertz CT molecular complexity index is 722. The van der Waals surface area contributed by atoms with Gasteiger partial charge in [0.1, 0.15) is 5.82 Å². The molecule has 0 aromatic heterocycles. The van der Waals surface area contributed by atoms with E-state index in [0.717, 1.165) is 0 Å². The third kappa shape index (κ3) is 3.96. The maximum atomic E-state index is 13.4. The van der Waals surface area contributed by atoms with Crippen LogP contribution in [-0.2, 0) is 16.1 Å². The molecule has 0 aliphatic rings. The minimum absolute atomic E-state index is 0.0950. The molecule has 0 aliphatic carbocycles. The number of rotatable bonds is 3. The van der Waals surface area contributed by atoms with Gasteiger partial charge in [-0.3, -0.25) is 9.59 Å². The third-order valence-corrected chi connectivity index (χ3v) is 3.62. The highest BCUT2D eigenvalue weighted by Gasteiger charge is 2.16. The predicted octanol–water partition coefficient (Wildman–Crippen LogP) is 3.39. The molecular weight excluding hydrogens is 330 g/mol. The summed E-state index contributed by atoms with van der Waals surface area (Å²) in [6, 6.07) is 10.6. The Morgan fingerprint density at radius 3 is 2.45 bits per heavy atom. The molecule has 2 aromatic carbocycles. The van der Waals surface area contributed by atoms with Crippen LogP contribution in [0.1, 0.15) is 5.56 Å². The van der Waals surface area contributed by atoms with Crippen LogP contribution in [0.2, 0.25) is 10.0 Å². The van der Waals surface area contributed by atoms with E-state index in [1.165, 1.54) is 24.3 Å². The van der Waals surface area contributed by atoms with Crippen LogP contribution in [0, 0.1) is 5.82 Å². The third-order valence-electron chi connectivity index (χ3n) is 2.80. The molecule has 0 spiro atoms. The molecule has 0 aliphatic heterocycles.